The Labute approximate surface area is 208 Å². The second-order valence-electron chi connectivity index (χ2n) is 6.64. The van der Waals surface area contributed by atoms with Crippen molar-refractivity contribution in [1.82, 2.24) is 15.2 Å². The molecule has 1 heterocycles. The molecule has 10 heteroatoms. The summed E-state index contributed by atoms with van der Waals surface area (Å²) >= 11 is 9.34. The summed E-state index contributed by atoms with van der Waals surface area (Å²) in [5.41, 5.74) is 1.51. The van der Waals surface area contributed by atoms with Crippen molar-refractivity contribution in [2.75, 3.05) is 7.11 Å². The number of aromatic amines is 1. The van der Waals surface area contributed by atoms with Gasteiger partial charge in [-0.3, -0.25) is 5.10 Å². The van der Waals surface area contributed by atoms with Crippen LogP contribution in [0.5, 0.6) is 11.5 Å². The summed E-state index contributed by atoms with van der Waals surface area (Å²) in [6.07, 6.45) is 3.24. The molecule has 0 fully saturated rings. The Morgan fingerprint density at radius 2 is 2.12 bits per heavy atom. The van der Waals surface area contributed by atoms with Gasteiger partial charge in [-0.1, -0.05) is 36.7 Å². The molecule has 32 heavy (non-hydrogen) atoms. The van der Waals surface area contributed by atoms with E-state index in [1.54, 1.807) is 18.2 Å². The van der Waals surface area contributed by atoms with Gasteiger partial charge in [0.2, 0.25) is 5.16 Å². The number of nitrogens with zero attached hydrogens (tertiary/aromatic N) is 2. The van der Waals surface area contributed by atoms with Gasteiger partial charge in [0.25, 0.3) is 0 Å². The van der Waals surface area contributed by atoms with E-state index in [9.17, 15) is 9.90 Å². The monoisotopic (exact) mass is 585 g/mol. The second kappa shape index (κ2) is 11.6. The lowest BCUT2D eigenvalue weighted by molar-refractivity contribution is -0.131. The highest BCUT2D eigenvalue weighted by molar-refractivity contribution is 14.1. The third-order valence-corrected chi connectivity index (χ3v) is 6.34. The van der Waals surface area contributed by atoms with E-state index in [4.69, 9.17) is 21.1 Å². The van der Waals surface area contributed by atoms with Gasteiger partial charge < -0.3 is 14.6 Å². The van der Waals surface area contributed by atoms with E-state index in [-0.39, 0.29) is 11.5 Å². The molecule has 3 aromatic rings. The molecule has 2 aromatic carbocycles. The number of halogens is 2. The third kappa shape index (κ3) is 6.39. The molecule has 0 aliphatic rings. The van der Waals surface area contributed by atoms with Gasteiger partial charge in [0.05, 0.1) is 10.7 Å². The lowest BCUT2D eigenvalue weighted by Gasteiger charge is -2.14. The third-order valence-electron chi connectivity index (χ3n) is 4.29. The molecule has 2 N–H and O–H groups in total. The van der Waals surface area contributed by atoms with Crippen LogP contribution < -0.4 is 9.47 Å². The zero-order valence-electron chi connectivity index (χ0n) is 17.4. The number of nitrogens with one attached hydrogen (secondary N) is 1. The van der Waals surface area contributed by atoms with Crippen LogP contribution in [0.2, 0.25) is 5.02 Å². The molecule has 0 aliphatic heterocycles. The molecule has 0 aliphatic carbocycles. The van der Waals surface area contributed by atoms with Gasteiger partial charge in [-0.25, -0.2) is 9.78 Å². The summed E-state index contributed by atoms with van der Waals surface area (Å²) in [6, 6.07) is 11.0. The van der Waals surface area contributed by atoms with Crippen molar-refractivity contribution in [2.45, 2.75) is 31.5 Å². The maximum atomic E-state index is 11.8. The van der Waals surface area contributed by atoms with Crippen LogP contribution in [0.1, 0.15) is 30.3 Å². The van der Waals surface area contributed by atoms with Crippen LogP contribution in [0.15, 0.2) is 46.5 Å². The number of carboxylic acids is 1. The molecule has 0 radical (unpaired) electrons. The number of hydrogen-bond acceptors (Lipinski definition) is 6. The second-order valence-corrected chi connectivity index (χ2v) is 9.22. The molecule has 3 rings (SSSR count). The van der Waals surface area contributed by atoms with Gasteiger partial charge in [0, 0.05) is 17.0 Å². The number of aromatic nitrogens is 3. The van der Waals surface area contributed by atoms with Crippen LogP contribution in [0.3, 0.4) is 0 Å². The number of carbonyl (C=O) groups is 1. The Balaban J connectivity index is 1.84. The molecule has 0 unspecified atom stereocenters. The molecule has 0 saturated heterocycles. The zero-order chi connectivity index (χ0) is 23.1. The zero-order valence-corrected chi connectivity index (χ0v) is 21.1. The largest absolute Gasteiger partial charge is 0.493 e. The first-order valence-electron chi connectivity index (χ1n) is 9.69. The fourth-order valence-corrected chi connectivity index (χ4v) is 4.48. The van der Waals surface area contributed by atoms with Gasteiger partial charge in [0.15, 0.2) is 11.5 Å². The predicted octanol–water partition coefficient (Wildman–Crippen LogP) is 5.82. The number of benzene rings is 2. The van der Waals surface area contributed by atoms with Crippen LogP contribution in [0.4, 0.5) is 0 Å². The van der Waals surface area contributed by atoms with E-state index in [1.807, 2.05) is 31.2 Å². The molecule has 0 atom stereocenters. The van der Waals surface area contributed by atoms with Crippen molar-refractivity contribution < 1.29 is 19.4 Å². The van der Waals surface area contributed by atoms with Gasteiger partial charge in [-0.15, -0.1) is 5.10 Å². The molecular weight excluding hydrogens is 565 g/mol. The summed E-state index contributed by atoms with van der Waals surface area (Å²) in [4.78, 5) is 16.2. The highest BCUT2D eigenvalue weighted by Crippen LogP contribution is 2.36. The highest BCUT2D eigenvalue weighted by atomic mass is 127. The molecule has 0 amide bonds. The summed E-state index contributed by atoms with van der Waals surface area (Å²) in [5, 5.41) is 17.6. The average molecular weight is 586 g/mol. The maximum Gasteiger partial charge on any atom is 0.342 e. The lowest BCUT2D eigenvalue weighted by atomic mass is 10.2. The Hall–Kier alpha value is -2.24. The average Bonchev–Trinajstić information content (AvgIpc) is 3.20. The Morgan fingerprint density at radius 3 is 2.81 bits per heavy atom. The van der Waals surface area contributed by atoms with Gasteiger partial charge >= 0.3 is 5.97 Å². The van der Waals surface area contributed by atoms with Crippen molar-refractivity contribution in [3.8, 4) is 11.5 Å². The lowest BCUT2D eigenvalue weighted by Crippen LogP contribution is -2.01. The van der Waals surface area contributed by atoms with E-state index in [0.717, 1.165) is 39.6 Å². The van der Waals surface area contributed by atoms with Crippen LogP contribution in [0.25, 0.3) is 6.08 Å². The fourth-order valence-electron chi connectivity index (χ4n) is 2.79. The first kappa shape index (κ1) is 24.4. The van der Waals surface area contributed by atoms with E-state index in [1.165, 1.54) is 7.11 Å². The minimum Gasteiger partial charge on any atom is -0.493 e. The topological polar surface area (TPSA) is 97.3 Å². The number of aliphatic carboxylic acids is 1. The standard InChI is InChI=1S/C22H21ClIN3O4S/c1-3-6-19-25-22(27-26-19)32-18(21(28)29)11-13-9-16(24)20(17(10-13)30-2)31-12-14-7-4-5-8-15(14)23/h4-5,7-11H,3,6,12H2,1-2H3,(H,28,29)(H,25,26,27)/b18-11-. The molecule has 168 valence electrons. The molecule has 0 spiro atoms. The van der Waals surface area contributed by atoms with Crippen molar-refractivity contribution in [3.63, 3.8) is 0 Å². The molecule has 0 saturated carbocycles. The fraction of sp³-hybridized carbons (Fsp3) is 0.227. The highest BCUT2D eigenvalue weighted by Gasteiger charge is 2.16. The number of methoxy groups -OCH3 is 1. The van der Waals surface area contributed by atoms with E-state index >= 15 is 0 Å². The summed E-state index contributed by atoms with van der Waals surface area (Å²) in [5.74, 6) is 0.724. The van der Waals surface area contributed by atoms with Crippen LogP contribution in [-0.2, 0) is 17.8 Å². The van der Waals surface area contributed by atoms with E-state index in [2.05, 4.69) is 37.8 Å². The van der Waals surface area contributed by atoms with Crippen molar-refractivity contribution in [2.24, 2.45) is 0 Å². The molecule has 7 nitrogen and oxygen atoms in total. The van der Waals surface area contributed by atoms with Gasteiger partial charge in [-0.05, 0) is 70.6 Å². The Bertz CT molecular complexity index is 1140. The van der Waals surface area contributed by atoms with Crippen molar-refractivity contribution >= 4 is 58.0 Å². The molecule has 0 bridgehead atoms. The smallest absolute Gasteiger partial charge is 0.342 e. The molecular formula is C22H21ClIN3O4S. The number of thioether (sulfide) groups is 1. The number of rotatable bonds is 10. The summed E-state index contributed by atoms with van der Waals surface area (Å²) in [7, 11) is 1.54. The van der Waals surface area contributed by atoms with Crippen molar-refractivity contribution in [1.29, 1.82) is 0 Å². The SMILES string of the molecule is CCCc1nc(S/C(=C\c2cc(I)c(OCc3ccccc3Cl)c(OC)c2)C(=O)O)n[nH]1. The summed E-state index contributed by atoms with van der Waals surface area (Å²) in [6.45, 7) is 2.32. The minimum absolute atomic E-state index is 0.0923. The van der Waals surface area contributed by atoms with Crippen LogP contribution >= 0.6 is 46.0 Å². The van der Waals surface area contributed by atoms with Gasteiger partial charge in [0.1, 0.15) is 17.3 Å². The number of ether oxygens (including phenoxy) is 2. The first-order chi connectivity index (χ1) is 15.4. The maximum absolute atomic E-state index is 11.8. The van der Waals surface area contributed by atoms with E-state index < -0.39 is 5.97 Å². The number of H-pyrrole nitrogens is 1. The first-order valence-corrected chi connectivity index (χ1v) is 12.0. The van der Waals surface area contributed by atoms with Crippen LogP contribution in [-0.4, -0.2) is 33.4 Å². The number of carboxylic acid groups (broad SMARTS) is 1. The minimum atomic E-state index is -1.06. The number of aryl methyl sites for hydroxylation is 1. The Kier molecular flexibility index (Phi) is 8.83. The van der Waals surface area contributed by atoms with Crippen LogP contribution in [0, 0.1) is 3.57 Å². The van der Waals surface area contributed by atoms with Gasteiger partial charge in [-0.2, -0.15) is 0 Å². The van der Waals surface area contributed by atoms with E-state index in [0.29, 0.717) is 27.2 Å². The quantitative estimate of drug-likeness (QED) is 0.176. The normalized spacial score (nSPS) is 11.4. The molecule has 1 aromatic heterocycles. The number of hydrogen-bond donors (Lipinski definition) is 2. The predicted molar refractivity (Wildman–Crippen MR) is 133 cm³/mol. The summed E-state index contributed by atoms with van der Waals surface area (Å²) < 4.78 is 12.2. The Morgan fingerprint density at radius 1 is 1.34 bits per heavy atom. The van der Waals surface area contributed by atoms with Crippen molar-refractivity contribution in [3.05, 3.63) is 66.8 Å².